The van der Waals surface area contributed by atoms with Crippen LogP contribution in [0.25, 0.3) is 0 Å². The molecular weight excluding hydrogens is 250 g/mol. The van der Waals surface area contributed by atoms with Crippen LogP contribution in [0.5, 0.6) is 11.5 Å². The van der Waals surface area contributed by atoms with Gasteiger partial charge in [-0.05, 0) is 30.5 Å². The molecule has 3 rings (SSSR count). The molecule has 0 spiro atoms. The van der Waals surface area contributed by atoms with Gasteiger partial charge in [-0.2, -0.15) is 0 Å². The molecule has 98 valence electrons. The molecular formula is C14H18ClNO2. The van der Waals surface area contributed by atoms with Crippen molar-refractivity contribution >= 4 is 11.6 Å². The fourth-order valence-electron chi connectivity index (χ4n) is 3.11. The smallest absolute Gasteiger partial charge is 0.231 e. The third-order valence-corrected chi connectivity index (χ3v) is 4.52. The molecule has 0 amide bonds. The van der Waals surface area contributed by atoms with Crippen molar-refractivity contribution in [2.45, 2.75) is 37.5 Å². The maximum absolute atomic E-state index is 6.27. The molecule has 0 aromatic heterocycles. The van der Waals surface area contributed by atoms with Crippen molar-refractivity contribution < 1.29 is 9.47 Å². The molecule has 4 heteroatoms. The van der Waals surface area contributed by atoms with Gasteiger partial charge in [-0.1, -0.05) is 30.9 Å². The van der Waals surface area contributed by atoms with Gasteiger partial charge in [0, 0.05) is 12.0 Å². The average molecular weight is 268 g/mol. The Labute approximate surface area is 112 Å². The van der Waals surface area contributed by atoms with E-state index in [1.807, 2.05) is 6.07 Å². The number of halogens is 1. The summed E-state index contributed by atoms with van der Waals surface area (Å²) in [6.07, 6.45) is 6.06. The summed E-state index contributed by atoms with van der Waals surface area (Å²) in [6.45, 7) is 0.928. The van der Waals surface area contributed by atoms with E-state index in [2.05, 4.69) is 6.07 Å². The quantitative estimate of drug-likeness (QED) is 0.895. The number of nitrogens with two attached hydrogens (primary N) is 1. The first-order chi connectivity index (χ1) is 8.75. The Kier molecular flexibility index (Phi) is 3.12. The number of hydrogen-bond donors (Lipinski definition) is 1. The summed E-state index contributed by atoms with van der Waals surface area (Å²) in [7, 11) is 0. The van der Waals surface area contributed by atoms with Crippen LogP contribution < -0.4 is 15.2 Å². The Bertz CT molecular complexity index is 455. The lowest BCUT2D eigenvalue weighted by atomic mass is 9.69. The van der Waals surface area contributed by atoms with Crippen LogP contribution in [0, 0.1) is 0 Å². The topological polar surface area (TPSA) is 44.5 Å². The van der Waals surface area contributed by atoms with Crippen molar-refractivity contribution in [3.8, 4) is 11.5 Å². The third-order valence-electron chi connectivity index (χ3n) is 4.24. The molecule has 3 nitrogen and oxygen atoms in total. The van der Waals surface area contributed by atoms with Gasteiger partial charge in [0.2, 0.25) is 6.79 Å². The largest absolute Gasteiger partial charge is 0.454 e. The highest BCUT2D eigenvalue weighted by Crippen LogP contribution is 2.46. The average Bonchev–Trinajstić information content (AvgIpc) is 2.88. The fourth-order valence-corrected chi connectivity index (χ4v) is 3.38. The molecule has 2 aliphatic rings. The third kappa shape index (κ3) is 1.86. The molecule has 1 fully saturated rings. The monoisotopic (exact) mass is 267 g/mol. The van der Waals surface area contributed by atoms with E-state index in [0.29, 0.717) is 17.3 Å². The second-order valence-corrected chi connectivity index (χ2v) is 5.64. The van der Waals surface area contributed by atoms with Gasteiger partial charge in [-0.15, -0.1) is 0 Å². The Morgan fingerprint density at radius 2 is 1.94 bits per heavy atom. The molecule has 0 bridgehead atoms. The molecule has 2 N–H and O–H groups in total. The van der Waals surface area contributed by atoms with Gasteiger partial charge in [-0.3, -0.25) is 0 Å². The standard InChI is InChI=1S/C14H18ClNO2/c15-11-6-10(7-12-13(11)18-9-17-12)14(8-16)4-2-1-3-5-14/h6-7H,1-5,8-9,16H2. The first kappa shape index (κ1) is 12.1. The van der Waals surface area contributed by atoms with E-state index < -0.39 is 0 Å². The second kappa shape index (κ2) is 4.63. The summed E-state index contributed by atoms with van der Waals surface area (Å²) in [5.74, 6) is 1.43. The molecule has 1 aliphatic heterocycles. The van der Waals surface area contributed by atoms with E-state index in [1.54, 1.807) is 0 Å². The van der Waals surface area contributed by atoms with E-state index in [-0.39, 0.29) is 12.2 Å². The van der Waals surface area contributed by atoms with Gasteiger partial charge < -0.3 is 15.2 Å². The second-order valence-electron chi connectivity index (χ2n) is 5.24. The summed E-state index contributed by atoms with van der Waals surface area (Å²) >= 11 is 6.27. The first-order valence-electron chi connectivity index (χ1n) is 6.55. The molecule has 1 aliphatic carbocycles. The SMILES string of the molecule is NCC1(c2cc(Cl)c3c(c2)OCO3)CCCCC1. The van der Waals surface area contributed by atoms with Gasteiger partial charge in [-0.25, -0.2) is 0 Å². The van der Waals surface area contributed by atoms with E-state index in [0.717, 1.165) is 18.6 Å². The molecule has 0 radical (unpaired) electrons. The first-order valence-corrected chi connectivity index (χ1v) is 6.93. The van der Waals surface area contributed by atoms with Gasteiger partial charge >= 0.3 is 0 Å². The molecule has 0 atom stereocenters. The molecule has 1 saturated carbocycles. The van der Waals surface area contributed by atoms with Crippen molar-refractivity contribution in [2.24, 2.45) is 5.73 Å². The molecule has 1 heterocycles. The number of fused-ring (bicyclic) bond motifs is 1. The minimum Gasteiger partial charge on any atom is -0.454 e. The minimum absolute atomic E-state index is 0.0723. The van der Waals surface area contributed by atoms with Crippen molar-refractivity contribution in [3.05, 3.63) is 22.7 Å². The predicted octanol–water partition coefficient (Wildman–Crippen LogP) is 3.23. The summed E-state index contributed by atoms with van der Waals surface area (Å²) in [5, 5.41) is 0.637. The lowest BCUT2D eigenvalue weighted by molar-refractivity contribution is 0.174. The van der Waals surface area contributed by atoms with Crippen LogP contribution in [0.15, 0.2) is 12.1 Å². The Morgan fingerprint density at radius 3 is 2.67 bits per heavy atom. The van der Waals surface area contributed by atoms with Crippen molar-refractivity contribution in [1.29, 1.82) is 0 Å². The van der Waals surface area contributed by atoms with Crippen LogP contribution in [0.1, 0.15) is 37.7 Å². The Morgan fingerprint density at radius 1 is 1.17 bits per heavy atom. The van der Waals surface area contributed by atoms with Gasteiger partial charge in [0.25, 0.3) is 0 Å². The normalized spacial score (nSPS) is 21.0. The highest BCUT2D eigenvalue weighted by atomic mass is 35.5. The van der Waals surface area contributed by atoms with Gasteiger partial charge in [0.05, 0.1) is 5.02 Å². The number of hydrogen-bond acceptors (Lipinski definition) is 3. The number of benzene rings is 1. The van der Waals surface area contributed by atoms with Gasteiger partial charge in [0.15, 0.2) is 11.5 Å². The number of rotatable bonds is 2. The molecule has 0 unspecified atom stereocenters. The maximum atomic E-state index is 6.27. The zero-order chi connectivity index (χ0) is 12.6. The maximum Gasteiger partial charge on any atom is 0.231 e. The summed E-state index contributed by atoms with van der Waals surface area (Å²) in [5.41, 5.74) is 7.33. The van der Waals surface area contributed by atoms with E-state index in [1.165, 1.54) is 24.8 Å². The predicted molar refractivity (Wildman–Crippen MR) is 71.4 cm³/mol. The van der Waals surface area contributed by atoms with Crippen LogP contribution in [0.4, 0.5) is 0 Å². The molecule has 1 aromatic carbocycles. The number of ether oxygens (including phenoxy) is 2. The van der Waals surface area contributed by atoms with Crippen LogP contribution in [0.2, 0.25) is 5.02 Å². The highest BCUT2D eigenvalue weighted by Gasteiger charge is 2.34. The van der Waals surface area contributed by atoms with Crippen LogP contribution in [0.3, 0.4) is 0 Å². The summed E-state index contributed by atoms with van der Waals surface area (Å²) in [6, 6.07) is 4.07. The highest BCUT2D eigenvalue weighted by molar-refractivity contribution is 6.32. The lowest BCUT2D eigenvalue weighted by Gasteiger charge is -2.37. The van der Waals surface area contributed by atoms with E-state index >= 15 is 0 Å². The molecule has 18 heavy (non-hydrogen) atoms. The van der Waals surface area contributed by atoms with Crippen LogP contribution >= 0.6 is 11.6 Å². The fraction of sp³-hybridized carbons (Fsp3) is 0.571. The van der Waals surface area contributed by atoms with Crippen LogP contribution in [-0.2, 0) is 5.41 Å². The van der Waals surface area contributed by atoms with E-state index in [9.17, 15) is 0 Å². The Hall–Kier alpha value is -0.930. The summed E-state index contributed by atoms with van der Waals surface area (Å²) in [4.78, 5) is 0. The van der Waals surface area contributed by atoms with Crippen molar-refractivity contribution in [3.63, 3.8) is 0 Å². The zero-order valence-electron chi connectivity index (χ0n) is 10.4. The lowest BCUT2D eigenvalue weighted by Crippen LogP contribution is -2.37. The van der Waals surface area contributed by atoms with Crippen LogP contribution in [-0.4, -0.2) is 13.3 Å². The van der Waals surface area contributed by atoms with Gasteiger partial charge in [0.1, 0.15) is 0 Å². The molecule has 0 saturated heterocycles. The Balaban J connectivity index is 2.02. The van der Waals surface area contributed by atoms with E-state index in [4.69, 9.17) is 26.8 Å². The van der Waals surface area contributed by atoms with Crippen molar-refractivity contribution in [2.75, 3.05) is 13.3 Å². The summed E-state index contributed by atoms with van der Waals surface area (Å²) < 4.78 is 10.8. The zero-order valence-corrected chi connectivity index (χ0v) is 11.1. The minimum atomic E-state index is 0.0723. The van der Waals surface area contributed by atoms with Crippen molar-refractivity contribution in [1.82, 2.24) is 0 Å². The molecule has 1 aromatic rings.